The van der Waals surface area contributed by atoms with Crippen molar-refractivity contribution in [1.82, 2.24) is 0 Å². The van der Waals surface area contributed by atoms with Gasteiger partial charge in [0.05, 0.1) is 6.07 Å². The summed E-state index contributed by atoms with van der Waals surface area (Å²) in [6.07, 6.45) is 3.58. The molecule has 3 nitrogen and oxygen atoms in total. The smallest absolute Gasteiger partial charge is 0.104 e. The Morgan fingerprint density at radius 2 is 1.94 bits per heavy atom. The van der Waals surface area contributed by atoms with Gasteiger partial charge in [-0.3, -0.25) is 0 Å². The molecule has 0 spiro atoms. The number of hydrogen-bond acceptors (Lipinski definition) is 3. The van der Waals surface area contributed by atoms with Crippen molar-refractivity contribution in [2.75, 3.05) is 11.9 Å². The van der Waals surface area contributed by atoms with Crippen LogP contribution in [-0.2, 0) is 0 Å². The summed E-state index contributed by atoms with van der Waals surface area (Å²) in [7, 11) is 2.14. The van der Waals surface area contributed by atoms with Gasteiger partial charge in [-0.25, -0.2) is 0 Å². The van der Waals surface area contributed by atoms with Crippen LogP contribution < -0.4 is 10.6 Å². The van der Waals surface area contributed by atoms with Gasteiger partial charge in [-0.2, -0.15) is 5.26 Å². The van der Waals surface area contributed by atoms with Crippen LogP contribution in [0.3, 0.4) is 0 Å². The summed E-state index contributed by atoms with van der Waals surface area (Å²) in [5.41, 5.74) is 7.99. The second-order valence-corrected chi connectivity index (χ2v) is 5.40. The summed E-state index contributed by atoms with van der Waals surface area (Å²) in [6, 6.07) is 11.2. The van der Waals surface area contributed by atoms with Crippen LogP contribution in [0.2, 0.25) is 0 Å². The molecule has 0 saturated heterocycles. The van der Waals surface area contributed by atoms with E-state index in [1.54, 1.807) is 0 Å². The monoisotopic (exact) mass is 243 g/mol. The minimum absolute atomic E-state index is 0.496. The van der Waals surface area contributed by atoms with Crippen LogP contribution in [0.15, 0.2) is 24.3 Å². The standard InChI is InChI=1S/C15H21N3/c1-12-5-3-4-6-14(12)18(2)13-7-9-15(17,11-16)10-8-13/h3-6,13H,7-10,17H2,1-2H3. The lowest BCUT2D eigenvalue weighted by atomic mass is 9.80. The lowest BCUT2D eigenvalue weighted by Gasteiger charge is -2.38. The Morgan fingerprint density at radius 3 is 2.50 bits per heavy atom. The molecule has 2 rings (SSSR count). The highest BCUT2D eigenvalue weighted by atomic mass is 15.1. The zero-order chi connectivity index (χ0) is 13.2. The van der Waals surface area contributed by atoms with Gasteiger partial charge in [0, 0.05) is 18.8 Å². The highest BCUT2D eigenvalue weighted by molar-refractivity contribution is 5.53. The molecule has 0 unspecified atom stereocenters. The van der Waals surface area contributed by atoms with Crippen molar-refractivity contribution < 1.29 is 0 Å². The maximum absolute atomic E-state index is 9.05. The van der Waals surface area contributed by atoms with Crippen LogP contribution in [0.1, 0.15) is 31.2 Å². The zero-order valence-electron chi connectivity index (χ0n) is 11.2. The van der Waals surface area contributed by atoms with Gasteiger partial charge in [0.1, 0.15) is 5.54 Å². The van der Waals surface area contributed by atoms with Crippen LogP contribution >= 0.6 is 0 Å². The number of nitrogens with zero attached hydrogens (tertiary/aromatic N) is 2. The fourth-order valence-corrected chi connectivity index (χ4v) is 2.77. The number of nitriles is 1. The molecule has 0 radical (unpaired) electrons. The molecule has 1 fully saturated rings. The third-order valence-corrected chi connectivity index (χ3v) is 4.11. The third-order valence-electron chi connectivity index (χ3n) is 4.11. The number of nitrogens with two attached hydrogens (primary N) is 1. The molecule has 1 aliphatic rings. The molecule has 1 aliphatic carbocycles. The van der Waals surface area contributed by atoms with Crippen molar-refractivity contribution in [3.63, 3.8) is 0 Å². The van der Waals surface area contributed by atoms with Crippen molar-refractivity contribution in [2.24, 2.45) is 5.73 Å². The Kier molecular flexibility index (Phi) is 3.58. The molecule has 0 atom stereocenters. The van der Waals surface area contributed by atoms with Crippen LogP contribution in [0.25, 0.3) is 0 Å². The van der Waals surface area contributed by atoms with E-state index in [0.717, 1.165) is 25.7 Å². The van der Waals surface area contributed by atoms with Crippen LogP contribution in [0.5, 0.6) is 0 Å². The number of para-hydroxylation sites is 1. The molecule has 1 aromatic rings. The summed E-state index contributed by atoms with van der Waals surface area (Å²) < 4.78 is 0. The second-order valence-electron chi connectivity index (χ2n) is 5.40. The van der Waals surface area contributed by atoms with Crippen molar-refractivity contribution in [3.8, 4) is 6.07 Å². The quantitative estimate of drug-likeness (QED) is 0.868. The fourth-order valence-electron chi connectivity index (χ4n) is 2.77. The summed E-state index contributed by atoms with van der Waals surface area (Å²) in [5, 5.41) is 9.05. The summed E-state index contributed by atoms with van der Waals surface area (Å²) in [4.78, 5) is 2.34. The lowest BCUT2D eigenvalue weighted by Crippen LogP contribution is -2.46. The third kappa shape index (κ3) is 2.49. The van der Waals surface area contributed by atoms with Crippen LogP contribution in [-0.4, -0.2) is 18.6 Å². The van der Waals surface area contributed by atoms with Crippen molar-refractivity contribution in [3.05, 3.63) is 29.8 Å². The summed E-state index contributed by atoms with van der Waals surface area (Å²) in [6.45, 7) is 2.14. The van der Waals surface area contributed by atoms with E-state index in [-0.39, 0.29) is 0 Å². The first-order valence-corrected chi connectivity index (χ1v) is 6.54. The van der Waals surface area contributed by atoms with Gasteiger partial charge < -0.3 is 10.6 Å². The highest BCUT2D eigenvalue weighted by Crippen LogP contribution is 2.31. The predicted octanol–water partition coefficient (Wildman–Crippen LogP) is 2.59. The molecular weight excluding hydrogens is 222 g/mol. The number of hydrogen-bond donors (Lipinski definition) is 1. The number of aryl methyl sites for hydroxylation is 1. The van der Waals surface area contributed by atoms with E-state index in [0.29, 0.717) is 6.04 Å². The van der Waals surface area contributed by atoms with E-state index in [2.05, 4.69) is 49.2 Å². The van der Waals surface area contributed by atoms with E-state index < -0.39 is 5.54 Å². The first kappa shape index (κ1) is 12.9. The molecule has 18 heavy (non-hydrogen) atoms. The first-order valence-electron chi connectivity index (χ1n) is 6.54. The molecule has 0 heterocycles. The normalized spacial score (nSPS) is 27.6. The van der Waals surface area contributed by atoms with E-state index in [1.165, 1.54) is 11.3 Å². The minimum Gasteiger partial charge on any atom is -0.371 e. The number of rotatable bonds is 2. The zero-order valence-corrected chi connectivity index (χ0v) is 11.2. The van der Waals surface area contributed by atoms with Gasteiger partial charge >= 0.3 is 0 Å². The molecule has 1 aromatic carbocycles. The Labute approximate surface area is 109 Å². The van der Waals surface area contributed by atoms with Crippen LogP contribution in [0, 0.1) is 18.3 Å². The van der Waals surface area contributed by atoms with E-state index in [1.807, 2.05) is 0 Å². The topological polar surface area (TPSA) is 53.0 Å². The molecule has 2 N–H and O–H groups in total. The molecule has 0 aromatic heterocycles. The SMILES string of the molecule is Cc1ccccc1N(C)C1CCC(N)(C#N)CC1. The first-order chi connectivity index (χ1) is 8.56. The van der Waals surface area contributed by atoms with Gasteiger partial charge in [-0.15, -0.1) is 0 Å². The molecule has 1 saturated carbocycles. The Bertz CT molecular complexity index is 453. The molecule has 3 heteroatoms. The van der Waals surface area contributed by atoms with Gasteiger partial charge in [0.2, 0.25) is 0 Å². The average Bonchev–Trinajstić information content (AvgIpc) is 2.39. The number of benzene rings is 1. The van der Waals surface area contributed by atoms with Gasteiger partial charge in [0.15, 0.2) is 0 Å². The predicted molar refractivity (Wildman–Crippen MR) is 74.4 cm³/mol. The van der Waals surface area contributed by atoms with Gasteiger partial charge in [0.25, 0.3) is 0 Å². The highest BCUT2D eigenvalue weighted by Gasteiger charge is 2.33. The minimum atomic E-state index is -0.594. The largest absolute Gasteiger partial charge is 0.371 e. The van der Waals surface area contributed by atoms with Crippen molar-refractivity contribution >= 4 is 5.69 Å². The Balaban J connectivity index is 2.07. The molecule has 96 valence electrons. The summed E-state index contributed by atoms with van der Waals surface area (Å²) >= 11 is 0. The maximum atomic E-state index is 9.05. The maximum Gasteiger partial charge on any atom is 0.104 e. The molecule has 0 amide bonds. The lowest BCUT2D eigenvalue weighted by molar-refractivity contribution is 0.327. The molecule has 0 bridgehead atoms. The van der Waals surface area contributed by atoms with E-state index in [9.17, 15) is 0 Å². The van der Waals surface area contributed by atoms with E-state index in [4.69, 9.17) is 11.0 Å². The van der Waals surface area contributed by atoms with Crippen molar-refractivity contribution in [2.45, 2.75) is 44.2 Å². The van der Waals surface area contributed by atoms with Gasteiger partial charge in [-0.05, 0) is 44.2 Å². The van der Waals surface area contributed by atoms with Crippen molar-refractivity contribution in [1.29, 1.82) is 5.26 Å². The second kappa shape index (κ2) is 4.99. The Hall–Kier alpha value is -1.53. The van der Waals surface area contributed by atoms with Crippen LogP contribution in [0.4, 0.5) is 5.69 Å². The molecule has 0 aliphatic heterocycles. The summed E-state index contributed by atoms with van der Waals surface area (Å²) in [5.74, 6) is 0. The van der Waals surface area contributed by atoms with E-state index >= 15 is 0 Å². The number of anilines is 1. The fraction of sp³-hybridized carbons (Fsp3) is 0.533. The Morgan fingerprint density at radius 1 is 1.33 bits per heavy atom. The average molecular weight is 243 g/mol. The van der Waals surface area contributed by atoms with Gasteiger partial charge in [-0.1, -0.05) is 18.2 Å². The molecular formula is C15H21N3.